The zero-order chi connectivity index (χ0) is 23.7. The van der Waals surface area contributed by atoms with Crippen molar-refractivity contribution >= 4 is 23.4 Å². The Kier molecular flexibility index (Phi) is 5.90. The van der Waals surface area contributed by atoms with Gasteiger partial charge >= 0.3 is 6.09 Å². The summed E-state index contributed by atoms with van der Waals surface area (Å²) in [4.78, 5) is 18.4. The van der Waals surface area contributed by atoms with E-state index >= 15 is 0 Å². The van der Waals surface area contributed by atoms with Crippen molar-refractivity contribution in [1.29, 1.82) is 5.26 Å². The first kappa shape index (κ1) is 21.9. The number of amides is 1. The van der Waals surface area contributed by atoms with Crippen molar-refractivity contribution in [2.75, 3.05) is 20.2 Å². The van der Waals surface area contributed by atoms with E-state index in [1.165, 1.54) is 31.6 Å². The molecular formula is C23H20FN7O2S. The number of ether oxygens (including phenoxy) is 1. The van der Waals surface area contributed by atoms with Crippen LogP contribution >= 0.6 is 11.8 Å². The lowest BCUT2D eigenvalue weighted by Crippen LogP contribution is -2.40. The maximum absolute atomic E-state index is 14.3. The molecule has 1 amide bonds. The number of pyridine rings is 2. The van der Waals surface area contributed by atoms with Gasteiger partial charge in [-0.15, -0.1) is 0 Å². The Bertz CT molecular complexity index is 1410. The smallest absolute Gasteiger partial charge is 0.409 e. The monoisotopic (exact) mass is 477 g/mol. The summed E-state index contributed by atoms with van der Waals surface area (Å²) >= 11 is 1.14. The molecule has 1 fully saturated rings. The van der Waals surface area contributed by atoms with E-state index in [9.17, 15) is 14.4 Å². The number of fused-ring (bicyclic) bond motifs is 1. The highest BCUT2D eigenvalue weighted by molar-refractivity contribution is 7.99. The van der Waals surface area contributed by atoms with Crippen LogP contribution in [0.2, 0.25) is 0 Å². The predicted molar refractivity (Wildman–Crippen MR) is 122 cm³/mol. The van der Waals surface area contributed by atoms with Crippen LogP contribution in [0, 0.1) is 17.1 Å². The van der Waals surface area contributed by atoms with Gasteiger partial charge < -0.3 is 9.64 Å². The summed E-state index contributed by atoms with van der Waals surface area (Å²) in [6, 6.07) is 6.96. The van der Waals surface area contributed by atoms with Gasteiger partial charge in [0.25, 0.3) is 0 Å². The normalized spacial score (nSPS) is 15.9. The Balaban J connectivity index is 1.50. The van der Waals surface area contributed by atoms with Gasteiger partial charge in [0, 0.05) is 47.7 Å². The molecule has 0 N–H and O–H groups in total. The molecule has 0 aromatic carbocycles. The first-order valence-corrected chi connectivity index (χ1v) is 11.5. The zero-order valence-electron chi connectivity index (χ0n) is 18.3. The molecule has 0 bridgehead atoms. The number of likely N-dealkylation sites (tertiary alicyclic amines) is 1. The highest BCUT2D eigenvalue weighted by atomic mass is 32.2. The van der Waals surface area contributed by atoms with Crippen LogP contribution in [-0.4, -0.2) is 55.6 Å². The van der Waals surface area contributed by atoms with E-state index in [1.807, 2.05) is 23.1 Å². The summed E-state index contributed by atoms with van der Waals surface area (Å²) in [5, 5.41) is 18.6. The fraction of sp³-hybridized carbons (Fsp3) is 0.261. The number of hydrogen-bond donors (Lipinski definition) is 0. The molecule has 172 valence electrons. The largest absolute Gasteiger partial charge is 0.453 e. The summed E-state index contributed by atoms with van der Waals surface area (Å²) in [6.07, 6.45) is 9.95. The van der Waals surface area contributed by atoms with Crippen molar-refractivity contribution in [3.63, 3.8) is 0 Å². The molecule has 0 aliphatic carbocycles. The standard InChI is InChI=1S/C23H20FN7O2S/c1-33-23(32)29-7-3-4-18(14-29)30-13-17(11-27-30)15-8-20(34-22-19(24)5-2-6-26-22)21-16(9-25)10-28-31(21)12-15/h2,5-6,8,10-13,18H,3-4,7,14H2,1H3/t18-/m0/s1. The maximum atomic E-state index is 14.3. The van der Waals surface area contributed by atoms with Crippen molar-refractivity contribution in [3.05, 3.63) is 60.6 Å². The minimum atomic E-state index is -0.436. The molecule has 1 aliphatic heterocycles. The van der Waals surface area contributed by atoms with Crippen LogP contribution in [0.5, 0.6) is 0 Å². The number of nitriles is 1. The number of aromatic nitrogens is 5. The second kappa shape index (κ2) is 9.15. The van der Waals surface area contributed by atoms with Gasteiger partial charge in [-0.3, -0.25) is 4.68 Å². The number of carbonyl (C=O) groups excluding carboxylic acids is 1. The number of hydrogen-bond acceptors (Lipinski definition) is 7. The van der Waals surface area contributed by atoms with E-state index in [0.717, 1.165) is 35.7 Å². The molecule has 34 heavy (non-hydrogen) atoms. The van der Waals surface area contributed by atoms with Crippen LogP contribution in [0.3, 0.4) is 0 Å². The molecule has 5 rings (SSSR count). The Morgan fingerprint density at radius 3 is 2.97 bits per heavy atom. The van der Waals surface area contributed by atoms with Crippen LogP contribution in [0.25, 0.3) is 16.6 Å². The fourth-order valence-electron chi connectivity index (χ4n) is 4.10. The van der Waals surface area contributed by atoms with Gasteiger partial charge in [-0.05, 0) is 31.0 Å². The molecule has 1 saturated heterocycles. The Morgan fingerprint density at radius 2 is 2.18 bits per heavy atom. The summed E-state index contributed by atoms with van der Waals surface area (Å²) in [5.41, 5.74) is 2.64. The van der Waals surface area contributed by atoms with Gasteiger partial charge in [0.15, 0.2) is 5.82 Å². The molecule has 9 nitrogen and oxygen atoms in total. The molecule has 5 heterocycles. The van der Waals surface area contributed by atoms with E-state index < -0.39 is 5.82 Å². The van der Waals surface area contributed by atoms with E-state index in [2.05, 4.69) is 21.3 Å². The minimum Gasteiger partial charge on any atom is -0.453 e. The lowest BCUT2D eigenvalue weighted by Gasteiger charge is -2.31. The van der Waals surface area contributed by atoms with Crippen LogP contribution in [0.1, 0.15) is 24.4 Å². The predicted octanol–water partition coefficient (Wildman–Crippen LogP) is 4.16. The van der Waals surface area contributed by atoms with Crippen molar-refractivity contribution in [1.82, 2.24) is 29.3 Å². The molecule has 1 atom stereocenters. The molecule has 0 saturated carbocycles. The van der Waals surface area contributed by atoms with Crippen LogP contribution in [0.4, 0.5) is 9.18 Å². The second-order valence-electron chi connectivity index (χ2n) is 7.87. The average Bonchev–Trinajstić information content (AvgIpc) is 3.52. The van der Waals surface area contributed by atoms with E-state index in [-0.39, 0.29) is 17.2 Å². The first-order chi connectivity index (χ1) is 16.6. The number of halogens is 1. The van der Waals surface area contributed by atoms with Gasteiger partial charge in [-0.1, -0.05) is 11.8 Å². The topological polar surface area (TPSA) is 101 Å². The third-order valence-electron chi connectivity index (χ3n) is 5.77. The molecule has 4 aromatic rings. The van der Waals surface area contributed by atoms with Gasteiger partial charge in [-0.25, -0.2) is 18.7 Å². The number of nitrogens with zero attached hydrogens (tertiary/aromatic N) is 7. The SMILES string of the molecule is COC(=O)N1CCC[C@H](n2cc(-c3cc(Sc4ncccc4F)c4c(C#N)cnn4c3)cn2)C1. The third kappa shape index (κ3) is 4.08. The van der Waals surface area contributed by atoms with Crippen LogP contribution < -0.4 is 0 Å². The Hall–Kier alpha value is -3.91. The molecule has 0 spiro atoms. The number of methoxy groups -OCH3 is 1. The van der Waals surface area contributed by atoms with E-state index in [1.54, 1.807) is 15.6 Å². The molecule has 1 aliphatic rings. The lowest BCUT2D eigenvalue weighted by molar-refractivity contribution is 0.102. The molecule has 0 unspecified atom stereocenters. The fourth-order valence-corrected chi connectivity index (χ4v) is 5.08. The second-order valence-corrected chi connectivity index (χ2v) is 8.90. The summed E-state index contributed by atoms with van der Waals surface area (Å²) < 4.78 is 22.7. The highest BCUT2D eigenvalue weighted by Gasteiger charge is 2.26. The number of rotatable bonds is 4. The summed E-state index contributed by atoms with van der Waals surface area (Å²) in [6.45, 7) is 1.19. The quantitative estimate of drug-likeness (QED) is 0.435. The first-order valence-electron chi connectivity index (χ1n) is 10.6. The minimum absolute atomic E-state index is 0.0386. The molecular weight excluding hydrogens is 457 g/mol. The molecule has 11 heteroatoms. The third-order valence-corrected chi connectivity index (χ3v) is 6.79. The van der Waals surface area contributed by atoms with Gasteiger partial charge in [0.05, 0.1) is 36.6 Å². The summed E-state index contributed by atoms with van der Waals surface area (Å²) in [7, 11) is 1.38. The van der Waals surface area contributed by atoms with E-state index in [0.29, 0.717) is 29.1 Å². The van der Waals surface area contributed by atoms with Crippen molar-refractivity contribution < 1.29 is 13.9 Å². The van der Waals surface area contributed by atoms with Gasteiger partial charge in [-0.2, -0.15) is 15.5 Å². The zero-order valence-corrected chi connectivity index (χ0v) is 19.1. The average molecular weight is 478 g/mol. The Labute approximate surface area is 198 Å². The number of piperidine rings is 1. The van der Waals surface area contributed by atoms with Crippen molar-refractivity contribution in [2.24, 2.45) is 0 Å². The molecule has 0 radical (unpaired) electrons. The lowest BCUT2D eigenvalue weighted by atomic mass is 10.1. The maximum Gasteiger partial charge on any atom is 0.409 e. The van der Waals surface area contributed by atoms with Crippen LogP contribution in [0.15, 0.2) is 59.1 Å². The van der Waals surface area contributed by atoms with Crippen molar-refractivity contribution in [2.45, 2.75) is 28.8 Å². The van der Waals surface area contributed by atoms with Gasteiger partial charge in [0.2, 0.25) is 0 Å². The van der Waals surface area contributed by atoms with E-state index in [4.69, 9.17) is 4.74 Å². The highest BCUT2D eigenvalue weighted by Crippen LogP contribution is 2.36. The van der Waals surface area contributed by atoms with Crippen LogP contribution in [-0.2, 0) is 4.74 Å². The molecule has 4 aromatic heterocycles. The Morgan fingerprint density at radius 1 is 1.29 bits per heavy atom. The summed E-state index contributed by atoms with van der Waals surface area (Å²) in [5.74, 6) is -0.436. The number of carbonyl (C=O) groups is 1. The van der Waals surface area contributed by atoms with Gasteiger partial charge in [0.1, 0.15) is 11.1 Å². The van der Waals surface area contributed by atoms with Crippen molar-refractivity contribution in [3.8, 4) is 17.2 Å².